The third-order valence-corrected chi connectivity index (χ3v) is 21.0. The molecule has 9 heteroatoms. The van der Waals surface area contributed by atoms with Gasteiger partial charge in [0.25, 0.3) is 0 Å². The molecule has 2 heterocycles. The monoisotopic (exact) mass is 432 g/mol. The van der Waals surface area contributed by atoms with E-state index in [2.05, 4.69) is 59.3 Å². The summed E-state index contributed by atoms with van der Waals surface area (Å²) in [5.74, 6) is 5.44. The Labute approximate surface area is 163 Å². The molecule has 3 atom stereocenters. The Morgan fingerprint density at radius 2 is 1.12 bits per heavy atom. The summed E-state index contributed by atoms with van der Waals surface area (Å²) < 4.78 is 30.0. The first kappa shape index (κ1) is 21.0. The van der Waals surface area contributed by atoms with Crippen LogP contribution in [0.3, 0.4) is 0 Å². The summed E-state index contributed by atoms with van der Waals surface area (Å²) in [6.07, 6.45) is 4.19. The summed E-state index contributed by atoms with van der Waals surface area (Å²) in [4.78, 5) is 0. The summed E-state index contributed by atoms with van der Waals surface area (Å²) in [5.41, 5.74) is 0. The molecule has 4 rings (SSSR count). The van der Waals surface area contributed by atoms with E-state index in [1.807, 2.05) is 0 Å². The van der Waals surface area contributed by atoms with Crippen LogP contribution in [0.5, 0.6) is 0 Å². The molecule has 2 aliphatic heterocycles. The van der Waals surface area contributed by atoms with Crippen molar-refractivity contribution >= 4 is 34.2 Å². The first-order chi connectivity index (χ1) is 11.7. The molecular weight excluding hydrogens is 397 g/mol. The van der Waals surface area contributed by atoms with Crippen LogP contribution in [0.2, 0.25) is 52.4 Å². The predicted molar refractivity (Wildman–Crippen MR) is 112 cm³/mol. The molecule has 5 nitrogen and oxygen atoms in total. The average Bonchev–Trinajstić information content (AvgIpc) is 2.97. The lowest BCUT2D eigenvalue weighted by Gasteiger charge is -2.46. The van der Waals surface area contributed by atoms with Crippen molar-refractivity contribution in [2.45, 2.75) is 78.6 Å². The molecule has 1 saturated heterocycles. The number of rotatable bonds is 1. The van der Waals surface area contributed by atoms with Gasteiger partial charge in [0, 0.05) is 11.8 Å². The summed E-state index contributed by atoms with van der Waals surface area (Å²) in [5, 5.41) is 0. The summed E-state index contributed by atoms with van der Waals surface area (Å²) >= 11 is 0. The molecule has 0 aromatic carbocycles. The molecule has 1 saturated carbocycles. The number of hydrogen-bond donors (Lipinski definition) is 0. The van der Waals surface area contributed by atoms with E-state index in [1.54, 1.807) is 0 Å². The van der Waals surface area contributed by atoms with Crippen LogP contribution < -0.4 is 0 Å². The largest absolute Gasteiger partial charge is 0.458 e. The van der Waals surface area contributed by atoms with Crippen molar-refractivity contribution in [2.24, 2.45) is 17.8 Å². The third kappa shape index (κ3) is 4.80. The van der Waals surface area contributed by atoms with E-state index in [0.29, 0.717) is 0 Å². The maximum atomic E-state index is 6.16. The first-order valence-corrected chi connectivity index (χ1v) is 21.2. The maximum Gasteiger partial charge on any atom is 0.314 e. The Bertz CT molecular complexity index is 530. The highest BCUT2D eigenvalue weighted by Crippen LogP contribution is 2.61. The van der Waals surface area contributed by atoms with Gasteiger partial charge in [-0.3, -0.25) is 0 Å². The van der Waals surface area contributed by atoms with Crippen LogP contribution in [0.25, 0.3) is 0 Å². The van der Waals surface area contributed by atoms with Gasteiger partial charge >= 0.3 is 34.2 Å². The lowest BCUT2D eigenvalue weighted by Crippen LogP contribution is -2.64. The predicted octanol–water partition coefficient (Wildman–Crippen LogP) is 5.17. The van der Waals surface area contributed by atoms with Gasteiger partial charge in [0.15, 0.2) is 0 Å². The minimum Gasteiger partial charge on any atom is -0.458 e. The molecular formula is C17H36O5Si4. The van der Waals surface area contributed by atoms with Crippen LogP contribution >= 0.6 is 0 Å². The highest BCUT2D eigenvalue weighted by molar-refractivity contribution is 6.92. The fraction of sp³-hybridized carbons (Fsp3) is 0.882. The SMILES string of the molecule is CCC1CC2CC1C1=C2O1.C[Si]1(C)O[Si](C)(C)O[Si](C)(C)O[Si](C)(C)O1. The van der Waals surface area contributed by atoms with Gasteiger partial charge in [-0.25, -0.2) is 0 Å². The molecule has 150 valence electrons. The smallest absolute Gasteiger partial charge is 0.314 e. The molecule has 0 N–H and O–H groups in total. The summed E-state index contributed by atoms with van der Waals surface area (Å²) in [6.45, 7) is 18.9. The molecule has 3 unspecified atom stereocenters. The van der Waals surface area contributed by atoms with E-state index >= 15 is 0 Å². The van der Waals surface area contributed by atoms with Crippen molar-refractivity contribution in [3.63, 3.8) is 0 Å². The van der Waals surface area contributed by atoms with Gasteiger partial charge in [0.05, 0.1) is 0 Å². The van der Waals surface area contributed by atoms with Gasteiger partial charge in [-0.2, -0.15) is 0 Å². The molecule has 2 bridgehead atoms. The zero-order chi connectivity index (χ0) is 19.5. The summed E-state index contributed by atoms with van der Waals surface area (Å²) in [7, 11) is -8.44. The lowest BCUT2D eigenvalue weighted by molar-refractivity contribution is 0.238. The van der Waals surface area contributed by atoms with Gasteiger partial charge in [0.2, 0.25) is 0 Å². The van der Waals surface area contributed by atoms with Crippen molar-refractivity contribution in [3.05, 3.63) is 11.5 Å². The average molecular weight is 433 g/mol. The molecule has 4 aliphatic rings. The Balaban J connectivity index is 0.000000164. The van der Waals surface area contributed by atoms with Crippen LogP contribution in [0, 0.1) is 17.8 Å². The van der Waals surface area contributed by atoms with Crippen molar-refractivity contribution in [1.29, 1.82) is 0 Å². The van der Waals surface area contributed by atoms with Crippen LogP contribution in [0.15, 0.2) is 11.5 Å². The Kier molecular flexibility index (Phi) is 5.36. The lowest BCUT2D eigenvalue weighted by atomic mass is 9.91. The number of fused-ring (bicyclic) bond motifs is 4. The number of allylic oxidation sites excluding steroid dienone is 2. The van der Waals surface area contributed by atoms with Gasteiger partial charge in [-0.05, 0) is 71.1 Å². The second-order valence-corrected chi connectivity index (χ2v) is 24.2. The standard InChI is InChI=1S/C9H12O.C8H24O4Si4/c1-2-5-3-6-4-7(5)9-8(6)10-9;1-13(2)9-14(3,4)11-16(7,8)12-15(5,6)10-13/h5-7H,2-4H2,1H3;1-8H3. The first-order valence-electron chi connectivity index (χ1n) is 9.95. The van der Waals surface area contributed by atoms with Crippen molar-refractivity contribution in [1.82, 2.24) is 0 Å². The second-order valence-electron chi connectivity index (χ2n) is 9.78. The maximum absolute atomic E-state index is 6.16. The molecule has 2 fully saturated rings. The third-order valence-electron chi connectivity index (χ3n) is 5.31. The zero-order valence-corrected chi connectivity index (χ0v) is 21.9. The van der Waals surface area contributed by atoms with Gasteiger partial charge in [0.1, 0.15) is 11.5 Å². The van der Waals surface area contributed by atoms with Gasteiger partial charge < -0.3 is 21.2 Å². The van der Waals surface area contributed by atoms with E-state index in [4.69, 9.17) is 21.2 Å². The van der Waals surface area contributed by atoms with Crippen LogP contribution in [0.1, 0.15) is 26.2 Å². The normalized spacial score (nSPS) is 37.7. The molecule has 0 radical (unpaired) electrons. The molecule has 26 heavy (non-hydrogen) atoms. The zero-order valence-electron chi connectivity index (χ0n) is 17.9. The Morgan fingerprint density at radius 3 is 1.42 bits per heavy atom. The minimum absolute atomic E-state index is 0.852. The van der Waals surface area contributed by atoms with Gasteiger partial charge in [-0.1, -0.05) is 13.3 Å². The van der Waals surface area contributed by atoms with E-state index < -0.39 is 34.2 Å². The minimum atomic E-state index is -2.11. The second kappa shape index (κ2) is 6.65. The number of ether oxygens (including phenoxy) is 1. The molecule has 2 aliphatic carbocycles. The van der Waals surface area contributed by atoms with Crippen LogP contribution in [-0.4, -0.2) is 34.2 Å². The van der Waals surface area contributed by atoms with Gasteiger partial charge in [-0.15, -0.1) is 0 Å². The van der Waals surface area contributed by atoms with Crippen LogP contribution in [-0.2, 0) is 21.2 Å². The Hall–Kier alpha value is 0.248. The molecule has 0 aromatic rings. The highest BCUT2D eigenvalue weighted by atomic mass is 28.5. The molecule has 0 spiro atoms. The van der Waals surface area contributed by atoms with Crippen molar-refractivity contribution in [3.8, 4) is 0 Å². The Morgan fingerprint density at radius 1 is 0.692 bits per heavy atom. The van der Waals surface area contributed by atoms with E-state index in [9.17, 15) is 0 Å². The van der Waals surface area contributed by atoms with Crippen molar-refractivity contribution in [2.75, 3.05) is 0 Å². The fourth-order valence-electron chi connectivity index (χ4n) is 5.20. The highest BCUT2D eigenvalue weighted by Gasteiger charge is 2.55. The fourth-order valence-corrected chi connectivity index (χ4v) is 26.3. The quantitative estimate of drug-likeness (QED) is 0.535. The summed E-state index contributed by atoms with van der Waals surface area (Å²) in [6, 6.07) is 0. The van der Waals surface area contributed by atoms with Crippen molar-refractivity contribution < 1.29 is 21.2 Å². The number of hydrogen-bond acceptors (Lipinski definition) is 5. The van der Waals surface area contributed by atoms with E-state index in [-0.39, 0.29) is 0 Å². The van der Waals surface area contributed by atoms with E-state index in [1.165, 1.54) is 30.8 Å². The van der Waals surface area contributed by atoms with Crippen LogP contribution in [0.4, 0.5) is 0 Å². The van der Waals surface area contributed by atoms with E-state index in [0.717, 1.165) is 17.8 Å². The molecule has 0 aromatic heterocycles. The topological polar surface area (TPSA) is 49.5 Å². The molecule has 0 amide bonds.